The molecule has 2 amide bonds. The van der Waals surface area contributed by atoms with Gasteiger partial charge >= 0.3 is 0 Å². The van der Waals surface area contributed by atoms with Crippen molar-refractivity contribution in [1.82, 2.24) is 9.80 Å². The number of aromatic hydroxyl groups is 2. The molecule has 184 valence electrons. The number of hydrogen-bond donors (Lipinski definition) is 2. The van der Waals surface area contributed by atoms with Crippen LogP contribution >= 0.6 is 0 Å². The average Bonchev–Trinajstić information content (AvgIpc) is 2.90. The summed E-state index contributed by atoms with van der Waals surface area (Å²) in [6.07, 6.45) is 12.4. The van der Waals surface area contributed by atoms with Crippen LogP contribution in [-0.4, -0.2) is 58.0 Å². The molecule has 2 aliphatic rings. The number of amides is 2. The first-order valence-electron chi connectivity index (χ1n) is 12.3. The first kappa shape index (κ1) is 24.4. The highest BCUT2D eigenvalue weighted by Gasteiger charge is 2.16. The van der Waals surface area contributed by atoms with Crippen LogP contribution in [0.15, 0.2) is 48.6 Å². The maximum absolute atomic E-state index is 12.4. The molecule has 2 saturated heterocycles. The third kappa shape index (κ3) is 6.23. The molecule has 35 heavy (non-hydrogen) atoms. The molecule has 2 aliphatic heterocycles. The van der Waals surface area contributed by atoms with Gasteiger partial charge in [0, 0.05) is 49.5 Å². The van der Waals surface area contributed by atoms with Gasteiger partial charge in [-0.3, -0.25) is 9.59 Å². The summed E-state index contributed by atoms with van der Waals surface area (Å²) in [7, 11) is 0. The Labute approximate surface area is 205 Å². The van der Waals surface area contributed by atoms with Crippen LogP contribution in [0.4, 0.5) is 0 Å². The van der Waals surface area contributed by atoms with Crippen LogP contribution in [0.1, 0.15) is 49.7 Å². The van der Waals surface area contributed by atoms with E-state index in [1.807, 2.05) is 9.80 Å². The predicted octanol–water partition coefficient (Wildman–Crippen LogP) is 4.94. The summed E-state index contributed by atoms with van der Waals surface area (Å²) in [5.74, 6) is -0.110. The van der Waals surface area contributed by atoms with E-state index in [-0.39, 0.29) is 34.8 Å². The zero-order valence-electron chi connectivity index (χ0n) is 19.9. The maximum atomic E-state index is 12.4. The fourth-order valence-electron chi connectivity index (χ4n) is 4.39. The minimum absolute atomic E-state index is 0.0772. The quantitative estimate of drug-likeness (QED) is 0.577. The molecule has 0 saturated carbocycles. The SMILES string of the molecule is O=C(/C=C/c1cccc(Oc2cccc(/C=C/C(=O)N3CCCCC3)c2O)c1O)N1CCCCC1. The topological polar surface area (TPSA) is 90.3 Å². The van der Waals surface area contributed by atoms with Gasteiger partial charge in [0.15, 0.2) is 23.0 Å². The molecule has 2 aromatic carbocycles. The molecule has 7 nitrogen and oxygen atoms in total. The molecule has 0 atom stereocenters. The van der Waals surface area contributed by atoms with E-state index >= 15 is 0 Å². The summed E-state index contributed by atoms with van der Waals surface area (Å²) in [5, 5.41) is 21.4. The fourth-order valence-corrected chi connectivity index (χ4v) is 4.39. The molecule has 0 aromatic heterocycles. The highest BCUT2D eigenvalue weighted by Crippen LogP contribution is 2.39. The highest BCUT2D eigenvalue weighted by atomic mass is 16.5. The third-order valence-electron chi connectivity index (χ3n) is 6.43. The number of para-hydroxylation sites is 2. The Bertz CT molecular complexity index is 1020. The number of piperidine rings is 2. The summed E-state index contributed by atoms with van der Waals surface area (Å²) in [4.78, 5) is 28.4. The van der Waals surface area contributed by atoms with Crippen molar-refractivity contribution in [2.24, 2.45) is 0 Å². The van der Waals surface area contributed by atoms with Crippen molar-refractivity contribution in [2.75, 3.05) is 26.2 Å². The smallest absolute Gasteiger partial charge is 0.246 e. The molecule has 0 bridgehead atoms. The van der Waals surface area contributed by atoms with Crippen molar-refractivity contribution >= 4 is 24.0 Å². The molecule has 0 radical (unpaired) electrons. The molecule has 0 spiro atoms. The number of carbonyl (C=O) groups is 2. The van der Waals surface area contributed by atoms with Crippen LogP contribution in [0.3, 0.4) is 0 Å². The molecular weight excluding hydrogens is 444 g/mol. The van der Waals surface area contributed by atoms with E-state index in [1.165, 1.54) is 12.2 Å². The number of phenols is 2. The monoisotopic (exact) mass is 476 g/mol. The van der Waals surface area contributed by atoms with Gasteiger partial charge in [0.25, 0.3) is 0 Å². The number of ether oxygens (including phenoxy) is 1. The number of carbonyl (C=O) groups excluding carboxylic acids is 2. The third-order valence-corrected chi connectivity index (χ3v) is 6.43. The van der Waals surface area contributed by atoms with Crippen LogP contribution in [0.25, 0.3) is 12.2 Å². The molecule has 0 unspecified atom stereocenters. The van der Waals surface area contributed by atoms with Gasteiger partial charge in [-0.15, -0.1) is 0 Å². The Morgan fingerprint density at radius 1 is 0.657 bits per heavy atom. The number of nitrogens with zero attached hydrogens (tertiary/aromatic N) is 2. The van der Waals surface area contributed by atoms with Gasteiger partial charge in [-0.1, -0.05) is 24.3 Å². The minimum Gasteiger partial charge on any atom is -0.504 e. The number of benzene rings is 2. The van der Waals surface area contributed by atoms with Crippen molar-refractivity contribution < 1.29 is 24.5 Å². The van der Waals surface area contributed by atoms with Crippen molar-refractivity contribution in [2.45, 2.75) is 38.5 Å². The van der Waals surface area contributed by atoms with E-state index in [1.54, 1.807) is 48.6 Å². The van der Waals surface area contributed by atoms with Gasteiger partial charge in [-0.25, -0.2) is 0 Å². The Balaban J connectivity index is 1.46. The summed E-state index contributed by atoms with van der Waals surface area (Å²) in [5.41, 5.74) is 0.881. The fraction of sp³-hybridized carbons (Fsp3) is 0.357. The summed E-state index contributed by atoms with van der Waals surface area (Å²) < 4.78 is 5.81. The second-order valence-corrected chi connectivity index (χ2v) is 8.93. The molecule has 2 aromatic rings. The van der Waals surface area contributed by atoms with E-state index in [2.05, 4.69) is 0 Å². The first-order valence-corrected chi connectivity index (χ1v) is 12.3. The van der Waals surface area contributed by atoms with E-state index < -0.39 is 0 Å². The number of likely N-dealkylation sites (tertiary alicyclic amines) is 2. The van der Waals surface area contributed by atoms with Gasteiger partial charge in [0.1, 0.15) is 0 Å². The lowest BCUT2D eigenvalue weighted by atomic mass is 10.1. The van der Waals surface area contributed by atoms with Crippen LogP contribution in [0.2, 0.25) is 0 Å². The Hall–Kier alpha value is -3.74. The van der Waals surface area contributed by atoms with Crippen molar-refractivity contribution in [1.29, 1.82) is 0 Å². The minimum atomic E-state index is -0.129. The van der Waals surface area contributed by atoms with Crippen LogP contribution in [0, 0.1) is 0 Å². The van der Waals surface area contributed by atoms with Crippen molar-refractivity contribution in [3.8, 4) is 23.0 Å². The Kier molecular flexibility index (Phi) is 8.08. The zero-order chi connectivity index (χ0) is 24.6. The highest BCUT2D eigenvalue weighted by molar-refractivity contribution is 5.93. The van der Waals surface area contributed by atoms with Gasteiger partial charge < -0.3 is 24.7 Å². The molecule has 2 heterocycles. The van der Waals surface area contributed by atoms with Crippen LogP contribution in [0.5, 0.6) is 23.0 Å². The lowest BCUT2D eigenvalue weighted by molar-refractivity contribution is -0.127. The van der Waals surface area contributed by atoms with Crippen LogP contribution < -0.4 is 4.74 Å². The van der Waals surface area contributed by atoms with Crippen molar-refractivity contribution in [3.05, 3.63) is 59.7 Å². The Morgan fingerprint density at radius 2 is 1.06 bits per heavy atom. The number of hydrogen-bond acceptors (Lipinski definition) is 5. The normalized spacial score (nSPS) is 16.7. The van der Waals surface area contributed by atoms with E-state index in [0.717, 1.165) is 64.7 Å². The molecular formula is C28H32N2O5. The van der Waals surface area contributed by atoms with Crippen LogP contribution in [-0.2, 0) is 9.59 Å². The standard InChI is InChI=1S/C28H32N2O5/c31-25(29-17-3-1-4-18-29)15-13-21-9-7-11-23(27(21)33)35-24-12-8-10-22(28(24)34)14-16-26(32)30-19-5-2-6-20-30/h7-16,33-34H,1-6,17-20H2/b15-13+,16-14+. The molecule has 2 N–H and O–H groups in total. The Morgan fingerprint density at radius 3 is 1.46 bits per heavy atom. The second-order valence-electron chi connectivity index (χ2n) is 8.93. The van der Waals surface area contributed by atoms with E-state index in [4.69, 9.17) is 4.74 Å². The number of phenolic OH excluding ortho intramolecular Hbond substituents is 2. The van der Waals surface area contributed by atoms with E-state index in [0.29, 0.717) is 11.1 Å². The first-order chi connectivity index (χ1) is 17.0. The predicted molar refractivity (Wildman–Crippen MR) is 135 cm³/mol. The lowest BCUT2D eigenvalue weighted by Gasteiger charge is -2.25. The summed E-state index contributed by atoms with van der Waals surface area (Å²) in [6.45, 7) is 3.02. The van der Waals surface area contributed by atoms with Gasteiger partial charge in [-0.05, 0) is 62.8 Å². The van der Waals surface area contributed by atoms with Gasteiger partial charge in [-0.2, -0.15) is 0 Å². The zero-order valence-corrected chi connectivity index (χ0v) is 19.9. The van der Waals surface area contributed by atoms with E-state index in [9.17, 15) is 19.8 Å². The van der Waals surface area contributed by atoms with Gasteiger partial charge in [0.2, 0.25) is 11.8 Å². The summed E-state index contributed by atoms with van der Waals surface area (Å²) >= 11 is 0. The molecule has 4 rings (SSSR count). The van der Waals surface area contributed by atoms with Gasteiger partial charge in [0.05, 0.1) is 0 Å². The molecule has 7 heteroatoms. The molecule has 0 aliphatic carbocycles. The molecule has 2 fully saturated rings. The van der Waals surface area contributed by atoms with Crippen molar-refractivity contribution in [3.63, 3.8) is 0 Å². The maximum Gasteiger partial charge on any atom is 0.246 e. The second kappa shape index (κ2) is 11.6. The number of rotatable bonds is 6. The average molecular weight is 477 g/mol. The lowest BCUT2D eigenvalue weighted by Crippen LogP contribution is -2.34. The largest absolute Gasteiger partial charge is 0.504 e. The summed E-state index contributed by atoms with van der Waals surface area (Å²) in [6, 6.07) is 9.96.